The van der Waals surface area contributed by atoms with Gasteiger partial charge >= 0.3 is 23.0 Å². The monoisotopic (exact) mass is 578 g/mol. The Morgan fingerprint density at radius 3 is 1.92 bits per heavy atom. The van der Waals surface area contributed by atoms with Crippen molar-refractivity contribution in [3.05, 3.63) is 40.9 Å². The smallest absolute Gasteiger partial charge is 0.421 e. The average molecular weight is 578 g/mol. The van der Waals surface area contributed by atoms with Crippen molar-refractivity contribution in [1.82, 2.24) is 9.55 Å². The first-order valence-corrected chi connectivity index (χ1v) is 12.5. The van der Waals surface area contributed by atoms with Crippen LogP contribution in [0.1, 0.15) is 26.2 Å². The second kappa shape index (κ2) is 11.8. The van der Waals surface area contributed by atoms with Crippen molar-refractivity contribution in [3.63, 3.8) is 0 Å². The summed E-state index contributed by atoms with van der Waals surface area (Å²) in [6.45, 7) is 3.22. The second-order valence-corrected chi connectivity index (χ2v) is 10.3. The molecule has 0 saturated carbocycles. The molecule has 36 heavy (non-hydrogen) atoms. The van der Waals surface area contributed by atoms with Crippen molar-refractivity contribution < 1.29 is 60.9 Å². The average Bonchev–Trinajstić information content (AvgIpc) is 3.08. The molecule has 2 aromatic heterocycles. The molecule has 0 atom stereocenters. The third-order valence-corrected chi connectivity index (χ3v) is 6.71. The highest BCUT2D eigenvalue weighted by molar-refractivity contribution is 8.13. The zero-order chi connectivity index (χ0) is 28.0. The first-order chi connectivity index (χ1) is 16.2. The van der Waals surface area contributed by atoms with Crippen LogP contribution in [0.5, 0.6) is 0 Å². The van der Waals surface area contributed by atoms with Gasteiger partial charge in [0.2, 0.25) is 0 Å². The number of rotatable bonds is 8. The van der Waals surface area contributed by atoms with Gasteiger partial charge in [-0.05, 0) is 25.0 Å². The SMILES string of the molecule is CCC[n+]1ccn(CCCC(F)(F)F)c1-c1ccccn1.O=S(=O)([N-]S(=O)(=O)C(F)(F)F)C(F)(F)F. The van der Waals surface area contributed by atoms with E-state index >= 15 is 0 Å². The van der Waals surface area contributed by atoms with Gasteiger partial charge in [0.05, 0.1) is 13.1 Å². The standard InChI is InChI=1S/C15H19F3N3.C2F6NO4S2/c1-2-9-20-11-12-21(10-5-7-15(16,17)18)14(20)13-6-3-4-8-19-13;3-1(4,5)14(10,11)9-15(12,13)2(6,7)8/h3-4,6,8,11-12H,2,5,7,9-10H2,1H3;/q+1;-1. The summed E-state index contributed by atoms with van der Waals surface area (Å²) in [7, 11) is -13.4. The maximum absolute atomic E-state index is 12.3. The fraction of sp³-hybridized carbons (Fsp3) is 0.529. The molecule has 19 heteroatoms. The number of sulfonamides is 2. The number of imidazole rings is 1. The second-order valence-electron chi connectivity index (χ2n) is 6.86. The Labute approximate surface area is 199 Å². The summed E-state index contributed by atoms with van der Waals surface area (Å²) in [5, 5.41) is 0. The van der Waals surface area contributed by atoms with Crippen LogP contribution in [0.2, 0.25) is 0 Å². The Morgan fingerprint density at radius 2 is 1.50 bits per heavy atom. The predicted octanol–water partition coefficient (Wildman–Crippen LogP) is 4.65. The van der Waals surface area contributed by atoms with Gasteiger partial charge in [-0.3, -0.25) is 0 Å². The van der Waals surface area contributed by atoms with E-state index in [-0.39, 0.29) is 6.42 Å². The van der Waals surface area contributed by atoms with Gasteiger partial charge in [0.25, 0.3) is 0 Å². The first-order valence-electron chi connectivity index (χ1n) is 9.65. The van der Waals surface area contributed by atoms with E-state index in [0.29, 0.717) is 6.54 Å². The fourth-order valence-electron chi connectivity index (χ4n) is 2.52. The Bertz CT molecular complexity index is 1150. The molecule has 0 radical (unpaired) electrons. The minimum Gasteiger partial charge on any atom is -0.421 e. The van der Waals surface area contributed by atoms with Gasteiger partial charge in [0, 0.05) is 12.6 Å². The predicted molar refractivity (Wildman–Crippen MR) is 107 cm³/mol. The third kappa shape index (κ3) is 9.23. The molecule has 0 aliphatic carbocycles. The number of hydrogen-bond acceptors (Lipinski definition) is 5. The van der Waals surface area contributed by atoms with Crippen LogP contribution >= 0.6 is 0 Å². The molecule has 0 aromatic carbocycles. The summed E-state index contributed by atoms with van der Waals surface area (Å²) in [4.78, 5) is 4.32. The molecule has 0 bridgehead atoms. The summed E-state index contributed by atoms with van der Waals surface area (Å²) in [6, 6.07) is 5.58. The molecular weight excluding hydrogens is 559 g/mol. The molecule has 0 fully saturated rings. The Balaban J connectivity index is 0.000000384. The zero-order valence-electron chi connectivity index (χ0n) is 18.1. The number of aryl methyl sites for hydroxylation is 2. The van der Waals surface area contributed by atoms with E-state index in [9.17, 15) is 56.3 Å². The molecule has 0 aliphatic rings. The van der Waals surface area contributed by atoms with E-state index in [0.717, 1.165) is 28.6 Å². The quantitative estimate of drug-likeness (QED) is 0.335. The van der Waals surface area contributed by atoms with Crippen LogP contribution < -0.4 is 4.57 Å². The summed E-state index contributed by atoms with van der Waals surface area (Å²) < 4.78 is 150. The molecule has 0 amide bonds. The number of pyridine rings is 1. The minimum absolute atomic E-state index is 0.0736. The summed E-state index contributed by atoms with van der Waals surface area (Å²) in [5.74, 6) is 0.861. The van der Waals surface area contributed by atoms with E-state index in [1.165, 1.54) is 0 Å². The van der Waals surface area contributed by atoms with Crippen molar-refractivity contribution in [1.29, 1.82) is 0 Å². The Kier molecular flexibility index (Phi) is 10.3. The van der Waals surface area contributed by atoms with E-state index < -0.39 is 43.7 Å². The molecular formula is C17H19F9N4O4S2. The van der Waals surface area contributed by atoms with Crippen molar-refractivity contribution in [2.24, 2.45) is 0 Å². The molecule has 0 unspecified atom stereocenters. The molecule has 0 saturated heterocycles. The van der Waals surface area contributed by atoms with Crippen molar-refractivity contribution >= 4 is 20.0 Å². The number of hydrogen-bond donors (Lipinski definition) is 0. The van der Waals surface area contributed by atoms with Gasteiger partial charge in [-0.1, -0.05) is 13.0 Å². The molecule has 2 heterocycles. The summed E-state index contributed by atoms with van der Waals surface area (Å²) >= 11 is 0. The molecule has 0 spiro atoms. The van der Waals surface area contributed by atoms with Crippen LogP contribution in [0.25, 0.3) is 15.6 Å². The van der Waals surface area contributed by atoms with E-state index in [2.05, 4.69) is 11.9 Å². The Hall–Kier alpha value is -2.41. The summed E-state index contributed by atoms with van der Waals surface area (Å²) in [5.41, 5.74) is -11.6. The van der Waals surface area contributed by atoms with E-state index in [4.69, 9.17) is 0 Å². The van der Waals surface area contributed by atoms with Crippen LogP contribution in [0.4, 0.5) is 39.5 Å². The molecule has 2 aromatic rings. The van der Waals surface area contributed by atoms with Gasteiger partial charge in [-0.2, -0.15) is 39.5 Å². The topological polar surface area (TPSA) is 104 Å². The Morgan fingerprint density at radius 1 is 0.944 bits per heavy atom. The van der Waals surface area contributed by atoms with Crippen LogP contribution in [-0.4, -0.2) is 43.6 Å². The largest absolute Gasteiger partial charge is 0.480 e. The number of alkyl halides is 9. The molecule has 2 rings (SSSR count). The lowest BCUT2D eigenvalue weighted by Crippen LogP contribution is -2.34. The van der Waals surface area contributed by atoms with Crippen LogP contribution in [0.3, 0.4) is 0 Å². The van der Waals surface area contributed by atoms with E-state index in [1.54, 1.807) is 6.20 Å². The van der Waals surface area contributed by atoms with Crippen LogP contribution in [0.15, 0.2) is 36.8 Å². The van der Waals surface area contributed by atoms with E-state index in [1.807, 2.05) is 39.7 Å². The molecule has 0 aliphatic heterocycles. The highest BCUT2D eigenvalue weighted by atomic mass is 32.3. The van der Waals surface area contributed by atoms with Gasteiger partial charge < -0.3 is 4.13 Å². The summed E-state index contributed by atoms with van der Waals surface area (Å²) in [6.07, 6.45) is 1.59. The molecule has 206 valence electrons. The van der Waals surface area contributed by atoms with Crippen molar-refractivity contribution in [2.75, 3.05) is 0 Å². The van der Waals surface area contributed by atoms with Crippen molar-refractivity contribution in [2.45, 2.75) is 56.5 Å². The number of halogens is 9. The van der Waals surface area contributed by atoms with Gasteiger partial charge in [0.15, 0.2) is 25.7 Å². The molecule has 0 N–H and O–H groups in total. The van der Waals surface area contributed by atoms with Gasteiger partial charge in [-0.25, -0.2) is 31.0 Å². The maximum Gasteiger partial charge on any atom is 0.480 e. The number of aromatic nitrogens is 3. The van der Waals surface area contributed by atoms with Crippen molar-refractivity contribution in [3.8, 4) is 11.5 Å². The highest BCUT2D eigenvalue weighted by Crippen LogP contribution is 2.36. The maximum atomic E-state index is 12.3. The van der Waals surface area contributed by atoms with Crippen LogP contribution in [-0.2, 0) is 33.1 Å². The van der Waals surface area contributed by atoms with Gasteiger partial charge in [0.1, 0.15) is 12.4 Å². The molecule has 8 nitrogen and oxygen atoms in total. The van der Waals surface area contributed by atoms with Gasteiger partial charge in [-0.15, -0.1) is 0 Å². The third-order valence-electron chi connectivity index (χ3n) is 3.97. The zero-order valence-corrected chi connectivity index (χ0v) is 19.8. The lowest BCUT2D eigenvalue weighted by molar-refractivity contribution is -0.685. The minimum atomic E-state index is -6.72. The first kappa shape index (κ1) is 31.6. The fourth-order valence-corrected chi connectivity index (χ4v) is 4.23. The number of nitrogens with zero attached hydrogens (tertiary/aromatic N) is 4. The lowest BCUT2D eigenvalue weighted by Gasteiger charge is -2.22. The highest BCUT2D eigenvalue weighted by Gasteiger charge is 2.47. The lowest BCUT2D eigenvalue weighted by atomic mass is 10.3. The van der Waals surface area contributed by atoms with Crippen LogP contribution in [0, 0.1) is 0 Å². The normalized spacial score (nSPS) is 13.3.